The van der Waals surface area contributed by atoms with Crippen LogP contribution in [-0.4, -0.2) is 25.9 Å². The van der Waals surface area contributed by atoms with Gasteiger partial charge in [-0.15, -0.1) is 18.3 Å². The first-order chi connectivity index (χ1) is 9.33. The minimum atomic E-state index is -4.76. The lowest BCUT2D eigenvalue weighted by Crippen LogP contribution is -2.17. The van der Waals surface area contributed by atoms with Crippen molar-refractivity contribution < 1.29 is 17.9 Å². The summed E-state index contributed by atoms with van der Waals surface area (Å²) in [7, 11) is 0. The van der Waals surface area contributed by atoms with Gasteiger partial charge >= 0.3 is 6.36 Å². The van der Waals surface area contributed by atoms with E-state index in [1.165, 1.54) is 22.7 Å². The lowest BCUT2D eigenvalue weighted by molar-refractivity contribution is -0.274. The molecule has 1 aromatic carbocycles. The number of fused-ring (bicyclic) bond motifs is 3. The molecule has 0 fully saturated rings. The predicted octanol–water partition coefficient (Wildman–Crippen LogP) is 3.14. The average molecular weight is 303 g/mol. The maximum absolute atomic E-state index is 12.2. The van der Waals surface area contributed by atoms with E-state index in [0.29, 0.717) is 22.4 Å². The Morgan fingerprint density at radius 3 is 2.70 bits per heavy atom. The second kappa shape index (κ2) is 4.20. The number of aryl methyl sites for hydroxylation is 1. The van der Waals surface area contributed by atoms with Crippen LogP contribution < -0.4 is 4.74 Å². The Morgan fingerprint density at radius 2 is 2.00 bits per heavy atom. The van der Waals surface area contributed by atoms with Gasteiger partial charge in [0.2, 0.25) is 5.28 Å². The van der Waals surface area contributed by atoms with Crippen LogP contribution in [0.5, 0.6) is 5.75 Å². The number of alkyl halides is 3. The van der Waals surface area contributed by atoms with Gasteiger partial charge in [-0.3, -0.25) is 0 Å². The van der Waals surface area contributed by atoms with E-state index in [4.69, 9.17) is 11.6 Å². The van der Waals surface area contributed by atoms with E-state index in [0.717, 1.165) is 0 Å². The molecule has 0 aliphatic rings. The van der Waals surface area contributed by atoms with Crippen LogP contribution in [-0.2, 0) is 0 Å². The summed E-state index contributed by atoms with van der Waals surface area (Å²) in [6.07, 6.45) is -4.76. The summed E-state index contributed by atoms with van der Waals surface area (Å²) in [5.74, 6) is 0.0834. The van der Waals surface area contributed by atoms with Crippen molar-refractivity contribution in [2.75, 3.05) is 0 Å². The first kappa shape index (κ1) is 12.9. The van der Waals surface area contributed by atoms with Crippen molar-refractivity contribution in [1.29, 1.82) is 0 Å². The van der Waals surface area contributed by atoms with E-state index in [9.17, 15) is 13.2 Å². The quantitative estimate of drug-likeness (QED) is 0.648. The Balaban J connectivity index is 2.26. The molecule has 0 bridgehead atoms. The molecule has 0 saturated carbocycles. The van der Waals surface area contributed by atoms with Gasteiger partial charge < -0.3 is 4.74 Å². The van der Waals surface area contributed by atoms with Gasteiger partial charge in [0.25, 0.3) is 0 Å². The molecule has 20 heavy (non-hydrogen) atoms. The molecule has 2 aromatic heterocycles. The minimum Gasteiger partial charge on any atom is -0.406 e. The van der Waals surface area contributed by atoms with E-state index in [1.54, 1.807) is 6.92 Å². The van der Waals surface area contributed by atoms with Crippen LogP contribution in [0.1, 0.15) is 5.82 Å². The van der Waals surface area contributed by atoms with Gasteiger partial charge in [-0.1, -0.05) is 0 Å². The molecule has 0 amide bonds. The van der Waals surface area contributed by atoms with Crippen molar-refractivity contribution in [3.8, 4) is 5.75 Å². The SMILES string of the molecule is Cc1nc2c3cc(OC(F)(F)F)ccc3nc(Cl)n2n1. The van der Waals surface area contributed by atoms with Gasteiger partial charge in [-0.2, -0.15) is 4.52 Å². The number of aromatic nitrogens is 4. The number of hydrogen-bond donors (Lipinski definition) is 0. The number of ether oxygens (including phenoxy) is 1. The molecule has 0 N–H and O–H groups in total. The van der Waals surface area contributed by atoms with E-state index < -0.39 is 6.36 Å². The van der Waals surface area contributed by atoms with Crippen LogP contribution in [0.3, 0.4) is 0 Å². The van der Waals surface area contributed by atoms with Gasteiger partial charge in [0.1, 0.15) is 11.6 Å². The molecule has 104 valence electrons. The minimum absolute atomic E-state index is 0.0811. The molecular weight excluding hydrogens is 297 g/mol. The maximum Gasteiger partial charge on any atom is 0.573 e. The Morgan fingerprint density at radius 1 is 1.25 bits per heavy atom. The zero-order valence-corrected chi connectivity index (χ0v) is 10.7. The highest BCUT2D eigenvalue weighted by Crippen LogP contribution is 2.28. The fourth-order valence-electron chi connectivity index (χ4n) is 1.85. The molecule has 2 heterocycles. The van der Waals surface area contributed by atoms with Crippen molar-refractivity contribution in [2.24, 2.45) is 0 Å². The number of hydrogen-bond acceptors (Lipinski definition) is 4. The van der Waals surface area contributed by atoms with Crippen LogP contribution in [0.15, 0.2) is 18.2 Å². The van der Waals surface area contributed by atoms with E-state index in [2.05, 4.69) is 19.8 Å². The largest absolute Gasteiger partial charge is 0.573 e. The Kier molecular flexibility index (Phi) is 2.72. The lowest BCUT2D eigenvalue weighted by atomic mass is 10.2. The molecule has 0 unspecified atom stereocenters. The standard InChI is InChI=1S/C11H6ClF3N4O/c1-5-16-9-7-4-6(20-11(13,14)15)2-3-8(7)17-10(12)19(9)18-5/h2-4H,1H3. The summed E-state index contributed by atoms with van der Waals surface area (Å²) >= 11 is 5.93. The molecule has 0 aliphatic heterocycles. The Labute approximate surface area is 115 Å². The van der Waals surface area contributed by atoms with Crippen LogP contribution in [0, 0.1) is 6.92 Å². The highest BCUT2D eigenvalue weighted by Gasteiger charge is 2.31. The summed E-state index contributed by atoms with van der Waals surface area (Å²) < 4.78 is 41.8. The molecule has 0 atom stereocenters. The van der Waals surface area contributed by atoms with Crippen LogP contribution in [0.4, 0.5) is 13.2 Å². The van der Waals surface area contributed by atoms with Crippen molar-refractivity contribution >= 4 is 28.2 Å². The molecule has 0 saturated heterocycles. The van der Waals surface area contributed by atoms with Crippen LogP contribution >= 0.6 is 11.6 Å². The van der Waals surface area contributed by atoms with Crippen molar-refractivity contribution in [1.82, 2.24) is 19.6 Å². The monoisotopic (exact) mass is 302 g/mol. The molecule has 9 heteroatoms. The summed E-state index contributed by atoms with van der Waals surface area (Å²) in [6, 6.07) is 3.75. The number of rotatable bonds is 1. The first-order valence-corrected chi connectivity index (χ1v) is 5.80. The summed E-state index contributed by atoms with van der Waals surface area (Å²) in [4.78, 5) is 8.17. The second-order valence-corrected chi connectivity index (χ2v) is 4.34. The van der Waals surface area contributed by atoms with Crippen LogP contribution in [0.25, 0.3) is 16.6 Å². The molecule has 0 spiro atoms. The van der Waals surface area contributed by atoms with Crippen molar-refractivity contribution in [3.63, 3.8) is 0 Å². The molecule has 5 nitrogen and oxygen atoms in total. The summed E-state index contributed by atoms with van der Waals surface area (Å²) in [6.45, 7) is 1.64. The van der Waals surface area contributed by atoms with Crippen LogP contribution in [0.2, 0.25) is 5.28 Å². The lowest BCUT2D eigenvalue weighted by Gasteiger charge is -2.09. The third kappa shape index (κ3) is 2.22. The zero-order chi connectivity index (χ0) is 14.5. The van der Waals surface area contributed by atoms with Gasteiger partial charge in [-0.25, -0.2) is 9.97 Å². The average Bonchev–Trinajstić information content (AvgIpc) is 2.71. The number of halogens is 4. The zero-order valence-electron chi connectivity index (χ0n) is 9.94. The predicted molar refractivity (Wildman–Crippen MR) is 64.7 cm³/mol. The van der Waals surface area contributed by atoms with Crippen molar-refractivity contribution in [2.45, 2.75) is 13.3 Å². The van der Waals surface area contributed by atoms with Gasteiger partial charge in [0, 0.05) is 5.39 Å². The normalized spacial score (nSPS) is 12.2. The first-order valence-electron chi connectivity index (χ1n) is 5.42. The Hall–Kier alpha value is -2.09. The second-order valence-electron chi connectivity index (χ2n) is 4.00. The smallest absolute Gasteiger partial charge is 0.406 e. The van der Waals surface area contributed by atoms with Gasteiger partial charge in [0.05, 0.1) is 5.52 Å². The third-order valence-corrected chi connectivity index (χ3v) is 2.79. The summed E-state index contributed by atoms with van der Waals surface area (Å²) in [5.41, 5.74) is 0.731. The van der Waals surface area contributed by atoms with Gasteiger partial charge in [0.15, 0.2) is 5.65 Å². The third-order valence-electron chi connectivity index (χ3n) is 2.54. The van der Waals surface area contributed by atoms with Gasteiger partial charge in [-0.05, 0) is 36.7 Å². The topological polar surface area (TPSA) is 52.3 Å². The highest BCUT2D eigenvalue weighted by molar-refractivity contribution is 6.29. The molecule has 3 rings (SSSR count). The maximum atomic E-state index is 12.2. The van der Waals surface area contributed by atoms with Crippen molar-refractivity contribution in [3.05, 3.63) is 29.3 Å². The Bertz CT molecular complexity index is 815. The van der Waals surface area contributed by atoms with E-state index >= 15 is 0 Å². The molecule has 0 radical (unpaired) electrons. The molecule has 3 aromatic rings. The fraction of sp³-hybridized carbons (Fsp3) is 0.182. The fourth-order valence-corrected chi connectivity index (χ4v) is 2.06. The number of benzene rings is 1. The van der Waals surface area contributed by atoms with E-state index in [1.807, 2.05) is 0 Å². The molecular formula is C11H6ClF3N4O. The summed E-state index contributed by atoms with van der Waals surface area (Å²) in [5, 5.41) is 4.47. The number of nitrogens with zero attached hydrogens (tertiary/aromatic N) is 4. The van der Waals surface area contributed by atoms with E-state index in [-0.39, 0.29) is 11.0 Å². The highest BCUT2D eigenvalue weighted by atomic mass is 35.5. The molecule has 0 aliphatic carbocycles.